The van der Waals surface area contributed by atoms with Crippen LogP contribution < -0.4 is 4.74 Å². The van der Waals surface area contributed by atoms with E-state index in [9.17, 15) is 18.8 Å². The number of hydrogen-bond donors (Lipinski definition) is 0. The van der Waals surface area contributed by atoms with Gasteiger partial charge in [-0.25, -0.2) is 14.4 Å². The molecular formula is C23H26FN3O4. The maximum atomic E-state index is 13.2. The zero-order valence-electron chi connectivity index (χ0n) is 18.0. The Morgan fingerprint density at radius 3 is 2.19 bits per heavy atom. The summed E-state index contributed by atoms with van der Waals surface area (Å²) < 4.78 is 18.7. The molecule has 0 bridgehead atoms. The van der Waals surface area contributed by atoms with Crippen molar-refractivity contribution in [1.82, 2.24) is 14.9 Å². The molecule has 0 spiro atoms. The van der Waals surface area contributed by atoms with E-state index in [-0.39, 0.29) is 30.3 Å². The Morgan fingerprint density at radius 2 is 1.68 bits per heavy atom. The molecule has 2 aromatic rings. The fourth-order valence-electron chi connectivity index (χ4n) is 4.00. The summed E-state index contributed by atoms with van der Waals surface area (Å²) in [6.45, 7) is 4.30. The molecule has 0 N–H and O–H groups in total. The number of halogens is 1. The van der Waals surface area contributed by atoms with Crippen molar-refractivity contribution in [2.24, 2.45) is 0 Å². The van der Waals surface area contributed by atoms with Crippen LogP contribution in [0.4, 0.5) is 4.39 Å². The third-order valence-electron chi connectivity index (χ3n) is 5.53. The van der Waals surface area contributed by atoms with Crippen molar-refractivity contribution in [2.75, 3.05) is 20.2 Å². The molecule has 31 heavy (non-hydrogen) atoms. The van der Waals surface area contributed by atoms with Crippen LogP contribution in [0.3, 0.4) is 0 Å². The number of amides is 1. The third kappa shape index (κ3) is 5.13. The molecule has 7 nitrogen and oxygen atoms in total. The van der Waals surface area contributed by atoms with E-state index in [4.69, 9.17) is 4.74 Å². The lowest BCUT2D eigenvalue weighted by atomic mass is 9.82. The largest absolute Gasteiger partial charge is 0.496 e. The summed E-state index contributed by atoms with van der Waals surface area (Å²) in [7, 11) is 1.48. The highest BCUT2D eigenvalue weighted by molar-refractivity contribution is 6.08. The Bertz CT molecular complexity index is 969. The van der Waals surface area contributed by atoms with E-state index in [0.717, 1.165) is 12.4 Å². The van der Waals surface area contributed by atoms with Crippen molar-refractivity contribution in [2.45, 2.75) is 45.4 Å². The van der Waals surface area contributed by atoms with E-state index in [0.29, 0.717) is 54.2 Å². The predicted molar refractivity (Wildman–Crippen MR) is 112 cm³/mol. The second-order valence-corrected chi connectivity index (χ2v) is 7.71. The highest BCUT2D eigenvalue weighted by Gasteiger charge is 2.32. The van der Waals surface area contributed by atoms with Crippen molar-refractivity contribution in [1.29, 1.82) is 0 Å². The van der Waals surface area contributed by atoms with E-state index in [1.165, 1.54) is 14.0 Å². The minimum absolute atomic E-state index is 0.0480. The van der Waals surface area contributed by atoms with Gasteiger partial charge in [0.25, 0.3) is 0 Å². The monoisotopic (exact) mass is 427 g/mol. The summed E-state index contributed by atoms with van der Waals surface area (Å²) in [5, 5.41) is 0. The van der Waals surface area contributed by atoms with Crippen LogP contribution in [0.25, 0.3) is 11.4 Å². The summed E-state index contributed by atoms with van der Waals surface area (Å²) in [5.74, 6) is -1.13. The summed E-state index contributed by atoms with van der Waals surface area (Å²) in [5.41, 5.74) is 1.86. The molecule has 2 heterocycles. The first-order valence-electron chi connectivity index (χ1n) is 10.3. The Balaban J connectivity index is 1.97. The number of nitrogens with zero attached hydrogens (tertiary/aromatic N) is 3. The van der Waals surface area contributed by atoms with Gasteiger partial charge >= 0.3 is 0 Å². The second-order valence-electron chi connectivity index (χ2n) is 7.71. The zero-order valence-corrected chi connectivity index (χ0v) is 18.0. The van der Waals surface area contributed by atoms with Crippen LogP contribution >= 0.6 is 0 Å². The van der Waals surface area contributed by atoms with Gasteiger partial charge in [-0.2, -0.15) is 0 Å². The second kappa shape index (κ2) is 9.76. The number of carbonyl (C=O) groups is 3. The van der Waals surface area contributed by atoms with Gasteiger partial charge in [0.2, 0.25) is 5.91 Å². The molecule has 0 atom stereocenters. The van der Waals surface area contributed by atoms with Crippen molar-refractivity contribution in [3.8, 4) is 17.1 Å². The van der Waals surface area contributed by atoms with E-state index in [2.05, 4.69) is 9.97 Å². The molecular weight excluding hydrogens is 401 g/mol. The molecule has 3 rings (SSSR count). The summed E-state index contributed by atoms with van der Waals surface area (Å²) in [4.78, 5) is 47.6. The Labute approximate surface area is 180 Å². The van der Waals surface area contributed by atoms with E-state index >= 15 is 0 Å². The minimum Gasteiger partial charge on any atom is -0.496 e. The zero-order chi connectivity index (χ0) is 22.5. The van der Waals surface area contributed by atoms with Crippen LogP contribution in [0.15, 0.2) is 24.5 Å². The van der Waals surface area contributed by atoms with Crippen molar-refractivity contribution >= 4 is 17.5 Å². The van der Waals surface area contributed by atoms with Crippen LogP contribution in [-0.2, 0) is 14.4 Å². The van der Waals surface area contributed by atoms with Crippen LogP contribution in [-0.4, -0.2) is 52.5 Å². The standard InChI is InChI=1S/C23H26FN3O4/c1-14-10-16(23-25-12-17(24)13-26-23)11-20(31-3)21(14)22-18(29)6-4-8-27(15(2)28)9-5-7-19(22)30/h10-13,22H,4-9H2,1-3H3. The molecule has 1 aliphatic rings. The van der Waals surface area contributed by atoms with Gasteiger partial charge in [-0.05, 0) is 37.5 Å². The SMILES string of the molecule is COc1cc(-c2ncc(F)cn2)cc(C)c1C1C(=O)CCCN(C(C)=O)CCCC1=O. The molecule has 164 valence electrons. The number of methoxy groups -OCH3 is 1. The van der Waals surface area contributed by atoms with Crippen molar-refractivity contribution in [3.63, 3.8) is 0 Å². The molecule has 1 fully saturated rings. The Hall–Kier alpha value is -3.16. The molecule has 0 radical (unpaired) electrons. The first-order chi connectivity index (χ1) is 14.8. The van der Waals surface area contributed by atoms with E-state index < -0.39 is 11.7 Å². The van der Waals surface area contributed by atoms with E-state index in [1.54, 1.807) is 17.0 Å². The topological polar surface area (TPSA) is 89.5 Å². The lowest BCUT2D eigenvalue weighted by Crippen LogP contribution is -2.34. The highest BCUT2D eigenvalue weighted by atomic mass is 19.1. The number of ketones is 2. The summed E-state index contributed by atoms with van der Waals surface area (Å²) in [6.07, 6.45) is 3.57. The number of Topliss-reactive ketones (excluding diaryl/α,β-unsaturated/α-hetero) is 2. The predicted octanol–water partition coefficient (Wildman–Crippen LogP) is 3.24. The van der Waals surface area contributed by atoms with Gasteiger partial charge in [-0.15, -0.1) is 0 Å². The van der Waals surface area contributed by atoms with Gasteiger partial charge in [0.05, 0.1) is 19.5 Å². The molecule has 8 heteroatoms. The highest BCUT2D eigenvalue weighted by Crippen LogP contribution is 2.36. The maximum absolute atomic E-state index is 13.2. The number of hydrogen-bond acceptors (Lipinski definition) is 6. The molecule has 1 aromatic heterocycles. The summed E-state index contributed by atoms with van der Waals surface area (Å²) in [6, 6.07) is 3.45. The minimum atomic E-state index is -0.915. The number of ether oxygens (including phenoxy) is 1. The van der Waals surface area contributed by atoms with Gasteiger partial charge in [-0.3, -0.25) is 14.4 Å². The van der Waals surface area contributed by atoms with Gasteiger partial charge in [0, 0.05) is 44.0 Å². The average molecular weight is 427 g/mol. The number of benzene rings is 1. The van der Waals surface area contributed by atoms with Gasteiger partial charge in [-0.1, -0.05) is 0 Å². The van der Waals surface area contributed by atoms with Crippen molar-refractivity contribution < 1.29 is 23.5 Å². The molecule has 1 aromatic carbocycles. The van der Waals surface area contributed by atoms with Crippen molar-refractivity contribution in [3.05, 3.63) is 41.5 Å². The van der Waals surface area contributed by atoms with Crippen LogP contribution in [0.5, 0.6) is 5.75 Å². The van der Waals surface area contributed by atoms with Crippen LogP contribution in [0, 0.1) is 12.7 Å². The normalized spacial score (nSPS) is 16.3. The lowest BCUT2D eigenvalue weighted by Gasteiger charge is -2.25. The number of rotatable bonds is 3. The maximum Gasteiger partial charge on any atom is 0.219 e. The quantitative estimate of drug-likeness (QED) is 0.699. The van der Waals surface area contributed by atoms with Crippen LogP contribution in [0.1, 0.15) is 49.7 Å². The summed E-state index contributed by atoms with van der Waals surface area (Å²) >= 11 is 0. The molecule has 0 saturated carbocycles. The van der Waals surface area contributed by atoms with Gasteiger partial charge in [0.1, 0.15) is 23.2 Å². The van der Waals surface area contributed by atoms with Gasteiger partial charge in [0.15, 0.2) is 11.6 Å². The molecule has 0 unspecified atom stereocenters. The average Bonchev–Trinajstić information content (AvgIpc) is 2.73. The molecule has 1 amide bonds. The number of aryl methyl sites for hydroxylation is 1. The Kier molecular flexibility index (Phi) is 7.09. The number of carbonyl (C=O) groups excluding carboxylic acids is 3. The van der Waals surface area contributed by atoms with Gasteiger partial charge < -0.3 is 9.64 Å². The molecule has 1 saturated heterocycles. The smallest absolute Gasteiger partial charge is 0.219 e. The van der Waals surface area contributed by atoms with E-state index in [1.807, 2.05) is 6.92 Å². The third-order valence-corrected chi connectivity index (χ3v) is 5.53. The Morgan fingerprint density at radius 1 is 1.10 bits per heavy atom. The fraction of sp³-hybridized carbons (Fsp3) is 0.435. The first-order valence-corrected chi connectivity index (χ1v) is 10.3. The number of aromatic nitrogens is 2. The van der Waals surface area contributed by atoms with Crippen LogP contribution in [0.2, 0.25) is 0 Å². The first kappa shape index (κ1) is 22.5. The molecule has 0 aliphatic carbocycles. The lowest BCUT2D eigenvalue weighted by molar-refractivity contribution is -0.133. The fourth-order valence-corrected chi connectivity index (χ4v) is 4.00. The molecule has 1 aliphatic heterocycles.